The molecule has 2 aliphatic heterocycles. The Morgan fingerprint density at radius 1 is 0.431 bits per heavy atom. The van der Waals surface area contributed by atoms with E-state index in [1.807, 2.05) is 0 Å². The predicted octanol–water partition coefficient (Wildman–Crippen LogP) is 14.9. The quantitative estimate of drug-likeness (QED) is 0.162. The van der Waals surface area contributed by atoms with Crippen molar-refractivity contribution >= 4 is 79.2 Å². The van der Waals surface area contributed by atoms with Gasteiger partial charge >= 0.3 is 0 Å². The number of hydrogen-bond donors (Lipinski definition) is 0. The third-order valence-corrected chi connectivity index (χ3v) is 17.7. The van der Waals surface area contributed by atoms with E-state index in [1.54, 1.807) is 0 Å². The van der Waals surface area contributed by atoms with Gasteiger partial charge in [0, 0.05) is 51.0 Å². The van der Waals surface area contributed by atoms with E-state index in [0.29, 0.717) is 0 Å². The second-order valence-electron chi connectivity index (χ2n) is 25.2. The molecular formula is C61H67BN2O. The number of fused-ring (bicyclic) bond motifs is 10. The predicted molar refractivity (Wildman–Crippen MR) is 278 cm³/mol. The minimum Gasteiger partial charge on any atom is -0.456 e. The third-order valence-electron chi connectivity index (χ3n) is 17.7. The third kappa shape index (κ3) is 5.67. The van der Waals surface area contributed by atoms with Crippen LogP contribution < -0.4 is 26.2 Å². The molecule has 0 amide bonds. The molecule has 0 atom stereocenters. The van der Waals surface area contributed by atoms with Crippen molar-refractivity contribution in [3.05, 3.63) is 136 Å². The molecule has 3 aliphatic carbocycles. The zero-order valence-corrected chi connectivity index (χ0v) is 41.6. The monoisotopic (exact) mass is 855 g/mol. The Kier molecular flexibility index (Phi) is 8.13. The van der Waals surface area contributed by atoms with Gasteiger partial charge in [0.1, 0.15) is 11.2 Å². The van der Waals surface area contributed by atoms with Gasteiger partial charge in [-0.2, -0.15) is 0 Å². The maximum absolute atomic E-state index is 6.67. The number of aryl methyl sites for hydroxylation is 2. The normalized spacial score (nSPS) is 20.8. The Labute approximate surface area is 388 Å². The standard InChI is InChI=1S/C61H67BN2O/c1-35-25-51-55-52(26-35)64(48-31-45-40(27-36(48)2)60(11,12)34-61(45,13)14)50-33-44-42(57(5,6)22-24-59(44,9)10)30-47(50)62(55)46-29-41-43(58(7,8)23-21-56(41,3)4)32-49(46)63(51)37-19-20-39-38-17-15-16-18-53(38)65-54(39)28-37/h15-20,25-33H,21-24,34H2,1-14H3. The van der Waals surface area contributed by atoms with E-state index in [-0.39, 0.29) is 39.2 Å². The molecule has 5 aliphatic rings. The lowest BCUT2D eigenvalue weighted by Crippen LogP contribution is -2.62. The van der Waals surface area contributed by atoms with Crippen LogP contribution in [0.3, 0.4) is 0 Å². The van der Waals surface area contributed by atoms with Crippen LogP contribution in [0.5, 0.6) is 0 Å². The van der Waals surface area contributed by atoms with Gasteiger partial charge in [-0.15, -0.1) is 0 Å². The van der Waals surface area contributed by atoms with Gasteiger partial charge in [0.25, 0.3) is 6.71 Å². The summed E-state index contributed by atoms with van der Waals surface area (Å²) >= 11 is 0. The molecule has 0 unspecified atom stereocenters. The number of anilines is 6. The fourth-order valence-corrected chi connectivity index (χ4v) is 14.0. The largest absolute Gasteiger partial charge is 0.456 e. The highest BCUT2D eigenvalue weighted by molar-refractivity contribution is 7.00. The minimum atomic E-state index is 0.0513. The highest BCUT2D eigenvalue weighted by Gasteiger charge is 2.50. The molecule has 0 saturated heterocycles. The zero-order valence-electron chi connectivity index (χ0n) is 41.6. The van der Waals surface area contributed by atoms with E-state index in [9.17, 15) is 0 Å². The van der Waals surface area contributed by atoms with Gasteiger partial charge in [-0.1, -0.05) is 119 Å². The molecule has 3 heterocycles. The zero-order chi connectivity index (χ0) is 45.7. The summed E-state index contributed by atoms with van der Waals surface area (Å²) < 4.78 is 6.67. The first-order valence-electron chi connectivity index (χ1n) is 24.7. The summed E-state index contributed by atoms with van der Waals surface area (Å²) in [5.41, 5.74) is 25.9. The number of para-hydroxylation sites is 1. The number of hydrogen-bond acceptors (Lipinski definition) is 3. The molecular weight excluding hydrogens is 787 g/mol. The van der Waals surface area contributed by atoms with Crippen LogP contribution in [0.4, 0.5) is 34.1 Å². The van der Waals surface area contributed by atoms with Gasteiger partial charge < -0.3 is 14.2 Å². The van der Waals surface area contributed by atoms with Crippen LogP contribution in [-0.4, -0.2) is 6.71 Å². The van der Waals surface area contributed by atoms with E-state index in [2.05, 4.69) is 198 Å². The number of furan rings is 1. The molecule has 0 radical (unpaired) electrons. The van der Waals surface area contributed by atoms with Gasteiger partial charge in [0.05, 0.1) is 0 Å². The summed E-state index contributed by atoms with van der Waals surface area (Å²) in [6, 6.07) is 36.3. The van der Waals surface area contributed by atoms with Gasteiger partial charge in [-0.05, 0) is 188 Å². The summed E-state index contributed by atoms with van der Waals surface area (Å²) in [5, 5.41) is 2.32. The van der Waals surface area contributed by atoms with Crippen molar-refractivity contribution in [3.8, 4) is 0 Å². The Morgan fingerprint density at radius 2 is 0.892 bits per heavy atom. The van der Waals surface area contributed by atoms with Crippen molar-refractivity contribution in [2.45, 2.75) is 162 Å². The lowest BCUT2D eigenvalue weighted by Gasteiger charge is -2.49. The molecule has 65 heavy (non-hydrogen) atoms. The molecule has 0 fully saturated rings. The van der Waals surface area contributed by atoms with Crippen molar-refractivity contribution in [3.63, 3.8) is 0 Å². The maximum atomic E-state index is 6.67. The SMILES string of the molecule is Cc1cc2c3c(c1)N(c1cc4c(cc1C)C(C)(C)CC4(C)C)c1cc4c(cc1B3c1cc3c(cc1N2c1ccc2c(c1)oc1ccccc12)C(C)(C)CCC3(C)C)C(C)(C)CCC4(C)C. The Balaban J connectivity index is 1.22. The molecule has 7 aromatic rings. The summed E-state index contributed by atoms with van der Waals surface area (Å²) in [7, 11) is 0. The van der Waals surface area contributed by atoms with Crippen molar-refractivity contribution in [1.29, 1.82) is 0 Å². The topological polar surface area (TPSA) is 19.6 Å². The fraction of sp³-hybridized carbons (Fsp3) is 0.410. The lowest BCUT2D eigenvalue weighted by atomic mass is 9.32. The van der Waals surface area contributed by atoms with Crippen LogP contribution in [0.15, 0.2) is 95.4 Å². The van der Waals surface area contributed by atoms with E-state index in [1.165, 1.54) is 115 Å². The summed E-state index contributed by atoms with van der Waals surface area (Å²) in [6.45, 7) is 34.5. The van der Waals surface area contributed by atoms with Crippen molar-refractivity contribution in [1.82, 2.24) is 0 Å². The molecule has 330 valence electrons. The van der Waals surface area contributed by atoms with Gasteiger partial charge in [-0.3, -0.25) is 0 Å². The molecule has 0 N–H and O–H groups in total. The van der Waals surface area contributed by atoms with Crippen LogP contribution in [0.1, 0.15) is 160 Å². The Morgan fingerprint density at radius 3 is 1.48 bits per heavy atom. The molecule has 12 rings (SSSR count). The van der Waals surface area contributed by atoms with Crippen molar-refractivity contribution in [2.24, 2.45) is 0 Å². The fourth-order valence-electron chi connectivity index (χ4n) is 14.0. The second-order valence-corrected chi connectivity index (χ2v) is 25.2. The average Bonchev–Trinajstić information content (AvgIpc) is 3.69. The minimum absolute atomic E-state index is 0.0513. The highest BCUT2D eigenvalue weighted by Crippen LogP contribution is 2.56. The summed E-state index contributed by atoms with van der Waals surface area (Å²) in [4.78, 5) is 5.35. The van der Waals surface area contributed by atoms with Crippen LogP contribution in [0.25, 0.3) is 21.9 Å². The maximum Gasteiger partial charge on any atom is 0.252 e. The smallest absolute Gasteiger partial charge is 0.252 e. The van der Waals surface area contributed by atoms with Gasteiger partial charge in [0.2, 0.25) is 0 Å². The van der Waals surface area contributed by atoms with Crippen LogP contribution in [0.2, 0.25) is 0 Å². The molecule has 3 nitrogen and oxygen atoms in total. The lowest BCUT2D eigenvalue weighted by molar-refractivity contribution is 0.332. The number of rotatable bonds is 2. The Hall–Kier alpha value is -5.22. The molecule has 6 aromatic carbocycles. The number of nitrogens with zero attached hydrogens (tertiary/aromatic N) is 2. The second kappa shape index (κ2) is 12.8. The number of benzene rings is 6. The molecule has 0 spiro atoms. The van der Waals surface area contributed by atoms with E-state index < -0.39 is 0 Å². The van der Waals surface area contributed by atoms with Crippen LogP contribution in [0, 0.1) is 13.8 Å². The first-order valence-corrected chi connectivity index (χ1v) is 24.7. The van der Waals surface area contributed by atoms with Crippen molar-refractivity contribution < 1.29 is 4.42 Å². The van der Waals surface area contributed by atoms with E-state index in [0.717, 1.165) is 34.0 Å². The van der Waals surface area contributed by atoms with Crippen LogP contribution >= 0.6 is 0 Å². The molecule has 0 saturated carbocycles. The van der Waals surface area contributed by atoms with Crippen molar-refractivity contribution in [2.75, 3.05) is 9.80 Å². The first kappa shape index (κ1) is 41.2. The average molecular weight is 855 g/mol. The summed E-state index contributed by atoms with van der Waals surface area (Å²) in [6.07, 6.45) is 5.85. The van der Waals surface area contributed by atoms with E-state index >= 15 is 0 Å². The molecule has 1 aromatic heterocycles. The van der Waals surface area contributed by atoms with Gasteiger partial charge in [0.15, 0.2) is 0 Å². The van der Waals surface area contributed by atoms with E-state index in [4.69, 9.17) is 4.42 Å². The highest BCUT2D eigenvalue weighted by atomic mass is 16.3. The first-order chi connectivity index (χ1) is 30.5. The van der Waals surface area contributed by atoms with Crippen LogP contribution in [-0.2, 0) is 32.5 Å². The molecule has 0 bridgehead atoms. The summed E-state index contributed by atoms with van der Waals surface area (Å²) in [5.74, 6) is 0. The van der Waals surface area contributed by atoms with Gasteiger partial charge in [-0.25, -0.2) is 0 Å². The Bertz CT molecular complexity index is 3240. The molecule has 4 heteroatoms.